The van der Waals surface area contributed by atoms with Gasteiger partial charge in [-0.05, 0) is 74.0 Å². The molecule has 2 N–H and O–H groups in total. The number of fused-ring (bicyclic) bond motifs is 3. The minimum Gasteiger partial charge on any atom is -0.508 e. The molecular weight excluding hydrogens is 441 g/mol. The molecule has 2 amide bonds. The van der Waals surface area contributed by atoms with Crippen LogP contribution in [0.25, 0.3) is 6.08 Å². The van der Waals surface area contributed by atoms with Gasteiger partial charge in [0.15, 0.2) is 0 Å². The van der Waals surface area contributed by atoms with E-state index in [-0.39, 0.29) is 41.4 Å². The van der Waals surface area contributed by atoms with Gasteiger partial charge in [0, 0.05) is 6.54 Å². The van der Waals surface area contributed by atoms with Crippen molar-refractivity contribution in [3.8, 4) is 5.75 Å². The summed E-state index contributed by atoms with van der Waals surface area (Å²) in [5.41, 5.74) is 4.62. The molecule has 2 aliphatic heterocycles. The molecule has 2 heterocycles. The SMILES string of the molecule is CCC/C(=C\c1cccc(O)c1)CC[C@H]1OB(O)C[C@H]2C1=C(CC)C[C@H]1C(=O)N(CCC)C(=O)[C@H]12. The summed E-state index contributed by atoms with van der Waals surface area (Å²) < 4.78 is 6.09. The van der Waals surface area contributed by atoms with Gasteiger partial charge in [0.1, 0.15) is 5.75 Å². The molecule has 1 aromatic rings. The summed E-state index contributed by atoms with van der Waals surface area (Å²) >= 11 is 0. The third-order valence-electron chi connectivity index (χ3n) is 7.81. The Morgan fingerprint density at radius 1 is 1.14 bits per heavy atom. The quantitative estimate of drug-likeness (QED) is 0.297. The molecule has 4 rings (SSSR count). The minimum atomic E-state index is -0.932. The zero-order valence-electron chi connectivity index (χ0n) is 21.2. The van der Waals surface area contributed by atoms with Crippen molar-refractivity contribution in [1.82, 2.24) is 4.90 Å². The molecule has 6 nitrogen and oxygen atoms in total. The Morgan fingerprint density at radius 3 is 2.63 bits per heavy atom. The van der Waals surface area contributed by atoms with Crippen LogP contribution in [0.3, 0.4) is 0 Å². The van der Waals surface area contributed by atoms with Gasteiger partial charge in [-0.3, -0.25) is 14.5 Å². The fraction of sp³-hybridized carbons (Fsp3) is 0.571. The molecule has 1 aromatic carbocycles. The molecule has 4 atom stereocenters. The van der Waals surface area contributed by atoms with Crippen molar-refractivity contribution in [3.05, 3.63) is 46.5 Å². The van der Waals surface area contributed by atoms with Crippen molar-refractivity contribution >= 4 is 25.0 Å². The number of imide groups is 1. The lowest BCUT2D eigenvalue weighted by Gasteiger charge is -2.43. The molecule has 0 saturated carbocycles. The molecule has 0 aromatic heterocycles. The molecular formula is C28H38BNO5. The first-order chi connectivity index (χ1) is 16.9. The zero-order valence-corrected chi connectivity index (χ0v) is 21.2. The average Bonchev–Trinajstić information content (AvgIpc) is 3.06. The lowest BCUT2D eigenvalue weighted by molar-refractivity contribution is -0.140. The molecule has 188 valence electrons. The first kappa shape index (κ1) is 25.7. The Kier molecular flexibility index (Phi) is 8.18. The number of amides is 2. The van der Waals surface area contributed by atoms with Crippen molar-refractivity contribution in [1.29, 1.82) is 0 Å². The number of aromatic hydroxyl groups is 1. The van der Waals surface area contributed by atoms with E-state index in [0.29, 0.717) is 19.3 Å². The number of rotatable bonds is 9. The van der Waals surface area contributed by atoms with Crippen LogP contribution >= 0.6 is 0 Å². The summed E-state index contributed by atoms with van der Waals surface area (Å²) in [6, 6.07) is 7.25. The van der Waals surface area contributed by atoms with E-state index in [9.17, 15) is 19.7 Å². The second kappa shape index (κ2) is 11.1. The molecule has 1 aliphatic carbocycles. The van der Waals surface area contributed by atoms with Crippen LogP contribution in [0, 0.1) is 17.8 Å². The highest BCUT2D eigenvalue weighted by Gasteiger charge is 2.56. The smallest absolute Gasteiger partial charge is 0.455 e. The van der Waals surface area contributed by atoms with E-state index in [2.05, 4.69) is 19.9 Å². The van der Waals surface area contributed by atoms with Crippen LogP contribution < -0.4 is 0 Å². The topological polar surface area (TPSA) is 87.1 Å². The predicted octanol–water partition coefficient (Wildman–Crippen LogP) is 4.97. The molecule has 3 aliphatic rings. The zero-order chi connectivity index (χ0) is 25.1. The standard InChI is InChI=1S/C28H38BNO5/c1-4-8-18(14-19-9-7-10-21(31)15-19)11-12-24-25-20(6-3)16-22-26(23(25)17-29(34)35-24)28(33)30(13-5-2)27(22)32/h7,9-10,14-15,22-24,26,31,34H,4-6,8,11-13,16-17H2,1-3H3/b18-14+/t22-,23+,24-,26-/m1/s1. The molecule has 2 saturated heterocycles. The van der Waals surface area contributed by atoms with E-state index in [0.717, 1.165) is 49.7 Å². The highest BCUT2D eigenvalue weighted by atomic mass is 16.5. The Morgan fingerprint density at radius 2 is 1.94 bits per heavy atom. The Labute approximate surface area is 209 Å². The second-order valence-corrected chi connectivity index (χ2v) is 10.2. The van der Waals surface area contributed by atoms with Crippen LogP contribution in [0.5, 0.6) is 5.75 Å². The Balaban J connectivity index is 1.59. The molecule has 0 bridgehead atoms. The van der Waals surface area contributed by atoms with Gasteiger partial charge in [0.25, 0.3) is 0 Å². The summed E-state index contributed by atoms with van der Waals surface area (Å²) in [5.74, 6) is -0.672. The fourth-order valence-corrected chi connectivity index (χ4v) is 6.37. The van der Waals surface area contributed by atoms with Crippen molar-refractivity contribution in [2.75, 3.05) is 6.54 Å². The summed E-state index contributed by atoms with van der Waals surface area (Å²) in [4.78, 5) is 27.9. The number of hydrogen-bond acceptors (Lipinski definition) is 5. The minimum absolute atomic E-state index is 0.0383. The Bertz CT molecular complexity index is 1020. The molecule has 0 radical (unpaired) electrons. The number of hydrogen-bond donors (Lipinski definition) is 2. The maximum atomic E-state index is 13.3. The van der Waals surface area contributed by atoms with E-state index in [4.69, 9.17) is 4.65 Å². The highest BCUT2D eigenvalue weighted by molar-refractivity contribution is 6.43. The van der Waals surface area contributed by atoms with Gasteiger partial charge < -0.3 is 14.8 Å². The monoisotopic (exact) mass is 479 g/mol. The van der Waals surface area contributed by atoms with Crippen molar-refractivity contribution in [2.24, 2.45) is 17.8 Å². The molecule has 2 fully saturated rings. The maximum Gasteiger partial charge on any atom is 0.455 e. The first-order valence-electron chi connectivity index (χ1n) is 13.3. The van der Waals surface area contributed by atoms with Crippen molar-refractivity contribution < 1.29 is 24.4 Å². The summed E-state index contributed by atoms with van der Waals surface area (Å²) in [7, 11) is -0.932. The lowest BCUT2D eigenvalue weighted by Crippen LogP contribution is -2.46. The van der Waals surface area contributed by atoms with Crippen LogP contribution in [0.2, 0.25) is 6.32 Å². The number of likely N-dealkylation sites (tertiary alicyclic amines) is 1. The largest absolute Gasteiger partial charge is 0.508 e. The van der Waals surface area contributed by atoms with E-state index in [1.54, 1.807) is 12.1 Å². The van der Waals surface area contributed by atoms with Gasteiger partial charge in [-0.25, -0.2) is 0 Å². The van der Waals surface area contributed by atoms with Crippen molar-refractivity contribution in [2.45, 2.75) is 78.1 Å². The normalized spacial score (nSPS) is 26.9. The number of carbonyl (C=O) groups is 2. The van der Waals surface area contributed by atoms with E-state index >= 15 is 0 Å². The summed E-state index contributed by atoms with van der Waals surface area (Å²) in [6.45, 7) is 6.71. The van der Waals surface area contributed by atoms with Gasteiger partial charge in [-0.2, -0.15) is 0 Å². The van der Waals surface area contributed by atoms with Gasteiger partial charge in [0.2, 0.25) is 11.8 Å². The average molecular weight is 479 g/mol. The van der Waals surface area contributed by atoms with Crippen LogP contribution in [-0.2, 0) is 14.2 Å². The third-order valence-corrected chi connectivity index (χ3v) is 7.81. The number of phenols is 1. The van der Waals surface area contributed by atoms with Crippen LogP contribution in [0.15, 0.2) is 41.0 Å². The maximum absolute atomic E-state index is 13.3. The number of carbonyl (C=O) groups excluding carboxylic acids is 2. The predicted molar refractivity (Wildman–Crippen MR) is 137 cm³/mol. The van der Waals surface area contributed by atoms with Crippen LogP contribution in [0.4, 0.5) is 0 Å². The summed E-state index contributed by atoms with van der Waals surface area (Å²) in [5, 5.41) is 20.5. The first-order valence-corrected chi connectivity index (χ1v) is 13.3. The number of phenolic OH excluding ortho intramolecular Hbond substituents is 1. The third kappa shape index (κ3) is 5.26. The van der Waals surface area contributed by atoms with Gasteiger partial charge in [-0.15, -0.1) is 0 Å². The van der Waals surface area contributed by atoms with Crippen LogP contribution in [-0.4, -0.2) is 46.6 Å². The molecule has 0 spiro atoms. The molecule has 0 unspecified atom stereocenters. The number of benzene rings is 1. The van der Waals surface area contributed by atoms with E-state index in [1.807, 2.05) is 19.1 Å². The van der Waals surface area contributed by atoms with Gasteiger partial charge in [-0.1, -0.05) is 56.5 Å². The van der Waals surface area contributed by atoms with Crippen molar-refractivity contribution in [3.63, 3.8) is 0 Å². The Hall–Kier alpha value is -2.38. The van der Waals surface area contributed by atoms with Gasteiger partial charge in [0.05, 0.1) is 17.9 Å². The second-order valence-electron chi connectivity index (χ2n) is 10.2. The highest BCUT2D eigenvalue weighted by Crippen LogP contribution is 2.51. The van der Waals surface area contributed by atoms with Gasteiger partial charge >= 0.3 is 7.12 Å². The van der Waals surface area contributed by atoms with E-state index in [1.165, 1.54) is 16.0 Å². The van der Waals surface area contributed by atoms with E-state index < -0.39 is 7.12 Å². The van der Waals surface area contributed by atoms with Crippen LogP contribution in [0.1, 0.15) is 71.3 Å². The number of allylic oxidation sites excluding steroid dienone is 2. The fourth-order valence-electron chi connectivity index (χ4n) is 6.37. The number of nitrogens with zero attached hydrogens (tertiary/aromatic N) is 1. The lowest BCUT2D eigenvalue weighted by atomic mass is 9.58. The molecule has 7 heteroatoms. The summed E-state index contributed by atoms with van der Waals surface area (Å²) in [6.07, 6.45) is 7.91. The molecule has 35 heavy (non-hydrogen) atoms.